The zero-order valence-electron chi connectivity index (χ0n) is 14.5. The number of halogens is 1. The average molecular weight is 395 g/mol. The van der Waals surface area contributed by atoms with Crippen molar-refractivity contribution in [1.29, 1.82) is 0 Å². The number of ketones is 1. The molecule has 8 heteroatoms. The van der Waals surface area contributed by atoms with Crippen molar-refractivity contribution in [3.8, 4) is 11.5 Å². The third-order valence-corrected chi connectivity index (χ3v) is 5.07. The van der Waals surface area contributed by atoms with Crippen LogP contribution in [0.25, 0.3) is 11.5 Å². The summed E-state index contributed by atoms with van der Waals surface area (Å²) in [6.45, 7) is 0.559. The van der Waals surface area contributed by atoms with E-state index in [1.807, 2.05) is 0 Å². The van der Waals surface area contributed by atoms with Crippen molar-refractivity contribution >= 4 is 34.4 Å². The molecular weight excluding hydrogens is 381 g/mol. The fourth-order valence-electron chi connectivity index (χ4n) is 2.69. The number of hydrogen-bond acceptors (Lipinski definition) is 6. The maximum Gasteiger partial charge on any atom is 0.253 e. The molecule has 0 saturated carbocycles. The Balaban J connectivity index is 1.68. The minimum Gasteiger partial charge on any atom is -0.463 e. The number of allylic oxidation sites excluding steroid dienone is 1. The molecule has 0 unspecified atom stereocenters. The number of carbonyl (C=O) groups is 2. The number of carbonyl (C=O) groups excluding carboxylic acids is 2. The molecule has 1 amide bonds. The Bertz CT molecular complexity index is 1080. The lowest BCUT2D eigenvalue weighted by molar-refractivity contribution is -0.113. The van der Waals surface area contributed by atoms with Crippen LogP contribution in [0.2, 0.25) is 0 Å². The van der Waals surface area contributed by atoms with Gasteiger partial charge in [0.05, 0.1) is 6.26 Å². The van der Waals surface area contributed by atoms with Crippen molar-refractivity contribution in [2.75, 3.05) is 11.9 Å². The lowest BCUT2D eigenvalue weighted by atomic mass is 10.1. The number of dihydropyridines is 1. The van der Waals surface area contributed by atoms with Crippen LogP contribution in [0.1, 0.15) is 21.7 Å². The number of amides is 1. The first kappa shape index (κ1) is 18.0. The number of thiazole rings is 1. The Morgan fingerprint density at radius 1 is 1.18 bits per heavy atom. The lowest BCUT2D eigenvalue weighted by Crippen LogP contribution is -2.16. The van der Waals surface area contributed by atoms with E-state index >= 15 is 0 Å². The quantitative estimate of drug-likeness (QED) is 0.659. The van der Waals surface area contributed by atoms with Crippen LogP contribution in [-0.2, 0) is 4.79 Å². The molecule has 0 spiro atoms. The van der Waals surface area contributed by atoms with Gasteiger partial charge in [-0.25, -0.2) is 9.37 Å². The van der Waals surface area contributed by atoms with Crippen LogP contribution in [0.3, 0.4) is 0 Å². The maximum absolute atomic E-state index is 13.2. The van der Waals surface area contributed by atoms with Gasteiger partial charge in [-0.2, -0.15) is 0 Å². The van der Waals surface area contributed by atoms with E-state index in [0.29, 0.717) is 40.4 Å². The third kappa shape index (κ3) is 3.67. The molecular formula is C20H14FN3O3S. The fourth-order valence-corrected chi connectivity index (χ4v) is 3.62. The number of aromatic nitrogens is 1. The molecule has 3 heterocycles. The molecule has 3 aromatic rings. The lowest BCUT2D eigenvalue weighted by Gasteiger charge is -2.07. The smallest absolute Gasteiger partial charge is 0.253 e. The van der Waals surface area contributed by atoms with E-state index < -0.39 is 5.82 Å². The molecule has 1 aliphatic heterocycles. The standard InChI is InChI=1S/C20H14FN3O3S/c21-14-5-3-12(4-6-14)17(25)18-16(15-2-1-11-27-15)23-20(28-18)24-19(26)13-7-9-22-10-8-13/h1-7,9,11H,8,10H2,(H,23,24,26). The van der Waals surface area contributed by atoms with Crippen LogP contribution >= 0.6 is 11.3 Å². The first-order valence-electron chi connectivity index (χ1n) is 8.47. The molecule has 0 bridgehead atoms. The largest absolute Gasteiger partial charge is 0.463 e. The third-order valence-electron chi connectivity index (χ3n) is 4.10. The van der Waals surface area contributed by atoms with Crippen LogP contribution in [0.15, 0.2) is 63.7 Å². The Morgan fingerprint density at radius 2 is 2.00 bits per heavy atom. The van der Waals surface area contributed by atoms with Crippen LogP contribution < -0.4 is 5.32 Å². The van der Waals surface area contributed by atoms with Gasteiger partial charge in [0, 0.05) is 23.9 Å². The summed E-state index contributed by atoms with van der Waals surface area (Å²) in [6, 6.07) is 8.64. The number of rotatable bonds is 5. The van der Waals surface area contributed by atoms with E-state index in [1.54, 1.807) is 24.4 Å². The second kappa shape index (κ2) is 7.69. The highest BCUT2D eigenvalue weighted by Crippen LogP contribution is 2.33. The van der Waals surface area contributed by atoms with Gasteiger partial charge in [-0.1, -0.05) is 11.3 Å². The van der Waals surface area contributed by atoms with E-state index in [0.717, 1.165) is 11.3 Å². The van der Waals surface area contributed by atoms with Crippen LogP contribution in [0, 0.1) is 5.82 Å². The van der Waals surface area contributed by atoms with Gasteiger partial charge in [0.15, 0.2) is 10.9 Å². The van der Waals surface area contributed by atoms with Crippen molar-refractivity contribution < 1.29 is 18.4 Å². The van der Waals surface area contributed by atoms with Gasteiger partial charge in [-0.05, 0) is 48.9 Å². The number of nitrogens with one attached hydrogen (secondary N) is 1. The molecule has 0 fully saturated rings. The fraction of sp³-hybridized carbons (Fsp3) is 0.100. The van der Waals surface area contributed by atoms with Crippen LogP contribution in [0.4, 0.5) is 9.52 Å². The monoisotopic (exact) mass is 395 g/mol. The molecule has 2 aromatic heterocycles. The first-order valence-corrected chi connectivity index (χ1v) is 9.29. The Hall–Kier alpha value is -3.39. The van der Waals surface area contributed by atoms with Crippen molar-refractivity contribution in [1.82, 2.24) is 4.98 Å². The van der Waals surface area contributed by atoms with Gasteiger partial charge in [-0.15, -0.1) is 0 Å². The highest BCUT2D eigenvalue weighted by Gasteiger charge is 2.24. The summed E-state index contributed by atoms with van der Waals surface area (Å²) < 4.78 is 18.6. The summed E-state index contributed by atoms with van der Waals surface area (Å²) in [6.07, 6.45) is 5.27. The number of aliphatic imine (C=N–C) groups is 1. The van der Waals surface area contributed by atoms with Crippen molar-refractivity contribution in [3.05, 3.63) is 70.6 Å². The topological polar surface area (TPSA) is 84.6 Å². The number of nitrogens with zero attached hydrogens (tertiary/aromatic N) is 2. The van der Waals surface area contributed by atoms with Gasteiger partial charge in [0.25, 0.3) is 5.91 Å². The Morgan fingerprint density at radius 3 is 2.68 bits per heavy atom. The van der Waals surface area contributed by atoms with Crippen LogP contribution in [0.5, 0.6) is 0 Å². The molecule has 140 valence electrons. The zero-order valence-corrected chi connectivity index (χ0v) is 15.3. The maximum atomic E-state index is 13.2. The van der Waals surface area contributed by atoms with Crippen molar-refractivity contribution in [3.63, 3.8) is 0 Å². The first-order chi connectivity index (χ1) is 13.6. The van der Waals surface area contributed by atoms with Crippen molar-refractivity contribution in [2.24, 2.45) is 4.99 Å². The van der Waals surface area contributed by atoms with E-state index in [-0.39, 0.29) is 16.8 Å². The Labute approximate surface area is 163 Å². The van der Waals surface area contributed by atoms with Gasteiger partial charge >= 0.3 is 0 Å². The molecule has 0 saturated heterocycles. The van der Waals surface area contributed by atoms with Crippen LogP contribution in [-0.4, -0.2) is 29.4 Å². The molecule has 1 N–H and O–H groups in total. The average Bonchev–Trinajstić information content (AvgIpc) is 3.38. The van der Waals surface area contributed by atoms with E-state index in [9.17, 15) is 14.0 Å². The number of anilines is 1. The highest BCUT2D eigenvalue weighted by molar-refractivity contribution is 7.18. The van der Waals surface area contributed by atoms with Gasteiger partial charge < -0.3 is 4.42 Å². The van der Waals surface area contributed by atoms with Gasteiger partial charge in [-0.3, -0.25) is 19.9 Å². The van der Waals surface area contributed by atoms with E-state index in [1.165, 1.54) is 30.5 Å². The predicted octanol–water partition coefficient (Wildman–Crippen LogP) is 4.11. The van der Waals surface area contributed by atoms with E-state index in [2.05, 4.69) is 15.3 Å². The summed E-state index contributed by atoms with van der Waals surface area (Å²) in [5.74, 6) is -0.629. The highest BCUT2D eigenvalue weighted by atomic mass is 32.1. The summed E-state index contributed by atoms with van der Waals surface area (Å²) in [5, 5.41) is 3.02. The normalized spacial score (nSPS) is 13.2. The number of furan rings is 1. The second-order valence-corrected chi connectivity index (χ2v) is 6.96. The van der Waals surface area contributed by atoms with E-state index in [4.69, 9.17) is 4.42 Å². The molecule has 0 aliphatic carbocycles. The number of benzene rings is 1. The minimum atomic E-state index is -0.427. The number of hydrogen-bond donors (Lipinski definition) is 1. The zero-order chi connectivity index (χ0) is 19.5. The molecule has 1 aliphatic rings. The SMILES string of the molecule is O=C(Nc1nc(-c2ccco2)c(C(=O)c2ccc(F)cc2)s1)C1=CC=NCC1. The Kier molecular flexibility index (Phi) is 4.94. The predicted molar refractivity (Wildman–Crippen MR) is 104 cm³/mol. The molecule has 4 rings (SSSR count). The second-order valence-electron chi connectivity index (χ2n) is 5.96. The van der Waals surface area contributed by atoms with Gasteiger partial charge in [0.1, 0.15) is 16.4 Å². The van der Waals surface area contributed by atoms with Crippen molar-refractivity contribution in [2.45, 2.75) is 6.42 Å². The summed E-state index contributed by atoms with van der Waals surface area (Å²) >= 11 is 1.05. The molecule has 1 aromatic carbocycles. The summed E-state index contributed by atoms with van der Waals surface area (Å²) in [7, 11) is 0. The molecule has 28 heavy (non-hydrogen) atoms. The van der Waals surface area contributed by atoms with Gasteiger partial charge in [0.2, 0.25) is 5.78 Å². The molecule has 6 nitrogen and oxygen atoms in total. The minimum absolute atomic E-state index is 0.283. The summed E-state index contributed by atoms with van der Waals surface area (Å²) in [5.41, 5.74) is 1.25. The molecule has 0 radical (unpaired) electrons. The molecule has 0 atom stereocenters. The summed E-state index contributed by atoms with van der Waals surface area (Å²) in [4.78, 5) is 34.1.